The second-order valence-electron chi connectivity index (χ2n) is 6.39. The molecule has 0 amide bonds. The highest BCUT2D eigenvalue weighted by Gasteiger charge is 2.28. The molecule has 0 N–H and O–H groups in total. The molecule has 3 rings (SSSR count). The van der Waals surface area contributed by atoms with E-state index in [2.05, 4.69) is 11.6 Å². The highest BCUT2D eigenvalue weighted by atomic mass is 35.5. The van der Waals surface area contributed by atoms with Gasteiger partial charge in [0.25, 0.3) is 5.92 Å². The molecule has 1 aromatic heterocycles. The molecule has 0 bridgehead atoms. The average molecular weight is 395 g/mol. The zero-order valence-electron chi connectivity index (χ0n) is 14.7. The van der Waals surface area contributed by atoms with E-state index in [0.29, 0.717) is 33.4 Å². The zero-order chi connectivity index (χ0) is 19.2. The Bertz CT molecular complexity index is 1020. The number of aromatic nitrogens is 2. The van der Waals surface area contributed by atoms with Crippen LogP contribution in [-0.2, 0) is 19.4 Å². The molecule has 0 spiro atoms. The summed E-state index contributed by atoms with van der Waals surface area (Å²) in [5.74, 6) is -2.22. The minimum absolute atomic E-state index is 0.0145. The molecule has 136 valence electrons. The van der Waals surface area contributed by atoms with E-state index in [1.165, 1.54) is 6.07 Å². The van der Waals surface area contributed by atoms with Crippen molar-refractivity contribution in [2.45, 2.75) is 26.2 Å². The van der Waals surface area contributed by atoms with Crippen LogP contribution in [0.5, 0.6) is 0 Å². The van der Waals surface area contributed by atoms with Crippen molar-refractivity contribution in [3.8, 4) is 0 Å². The normalized spacial score (nSPS) is 12.0. The van der Waals surface area contributed by atoms with Gasteiger partial charge in [-0.05, 0) is 35.7 Å². The Labute approximate surface area is 161 Å². The number of benzene rings is 2. The third-order valence-electron chi connectivity index (χ3n) is 4.64. The summed E-state index contributed by atoms with van der Waals surface area (Å²) in [6, 6.07) is 6.70. The molecule has 0 radical (unpaired) electrons. The van der Waals surface area contributed by atoms with E-state index < -0.39 is 5.92 Å². The van der Waals surface area contributed by atoms with Crippen molar-refractivity contribution in [3.63, 3.8) is 0 Å². The minimum atomic E-state index is -2.92. The summed E-state index contributed by atoms with van der Waals surface area (Å²) in [6.45, 7) is 6.31. The summed E-state index contributed by atoms with van der Waals surface area (Å²) in [7, 11) is 1.85. The van der Waals surface area contributed by atoms with Crippen molar-refractivity contribution >= 4 is 40.3 Å². The molecule has 0 unspecified atom stereocenters. The van der Waals surface area contributed by atoms with Gasteiger partial charge in [-0.25, -0.2) is 13.8 Å². The molecule has 0 aliphatic carbocycles. The maximum absolute atomic E-state index is 13.8. The van der Waals surface area contributed by atoms with E-state index in [0.717, 1.165) is 23.6 Å². The van der Waals surface area contributed by atoms with Gasteiger partial charge < -0.3 is 4.57 Å². The van der Waals surface area contributed by atoms with Crippen molar-refractivity contribution in [2.75, 3.05) is 0 Å². The molecule has 0 saturated heterocycles. The Balaban J connectivity index is 2.15. The lowest BCUT2D eigenvalue weighted by Gasteiger charge is -2.13. The topological polar surface area (TPSA) is 17.8 Å². The van der Waals surface area contributed by atoms with Crippen LogP contribution < -0.4 is 0 Å². The van der Waals surface area contributed by atoms with Crippen molar-refractivity contribution in [1.82, 2.24) is 9.55 Å². The van der Waals surface area contributed by atoms with Crippen LogP contribution in [0.2, 0.25) is 10.0 Å². The number of hydrogen-bond donors (Lipinski definition) is 0. The number of halogens is 4. The molecule has 0 aliphatic heterocycles. The van der Waals surface area contributed by atoms with Crippen molar-refractivity contribution < 1.29 is 8.78 Å². The fourth-order valence-electron chi connectivity index (χ4n) is 3.17. The van der Waals surface area contributed by atoms with Crippen molar-refractivity contribution in [3.05, 3.63) is 69.0 Å². The van der Waals surface area contributed by atoms with Gasteiger partial charge in [-0.3, -0.25) is 0 Å². The Morgan fingerprint density at radius 1 is 1.23 bits per heavy atom. The third-order valence-corrected chi connectivity index (χ3v) is 5.44. The van der Waals surface area contributed by atoms with Gasteiger partial charge in [-0.1, -0.05) is 48.0 Å². The second-order valence-corrected chi connectivity index (χ2v) is 7.18. The Morgan fingerprint density at radius 2 is 1.92 bits per heavy atom. The zero-order valence-corrected chi connectivity index (χ0v) is 16.2. The van der Waals surface area contributed by atoms with Crippen molar-refractivity contribution in [2.24, 2.45) is 7.05 Å². The van der Waals surface area contributed by atoms with E-state index in [1.807, 2.05) is 11.6 Å². The lowest BCUT2D eigenvalue weighted by molar-refractivity contribution is 0.0170. The van der Waals surface area contributed by atoms with E-state index in [-0.39, 0.29) is 5.56 Å². The summed E-state index contributed by atoms with van der Waals surface area (Å²) in [4.78, 5) is 4.61. The van der Waals surface area contributed by atoms with Crippen LogP contribution in [0.15, 0.2) is 30.8 Å². The maximum atomic E-state index is 13.8. The predicted octanol–water partition coefficient (Wildman–Crippen LogP) is 6.53. The standard InChI is InChI=1S/C20H18Cl2F2N2/c1-5-12-6-8-15(21)13(18(12)22)10-17-25-19-11(2)14(20(3,23)24)7-9-16(19)26(17)4/h5-9H,1,10H2,2-4H3. The quantitative estimate of drug-likeness (QED) is 0.491. The predicted molar refractivity (Wildman–Crippen MR) is 104 cm³/mol. The number of hydrogen-bond acceptors (Lipinski definition) is 1. The lowest BCUT2D eigenvalue weighted by atomic mass is 10.0. The highest BCUT2D eigenvalue weighted by molar-refractivity contribution is 6.37. The van der Waals surface area contributed by atoms with Gasteiger partial charge >= 0.3 is 0 Å². The molecule has 0 aliphatic rings. The van der Waals surface area contributed by atoms with E-state index in [9.17, 15) is 8.78 Å². The molecule has 1 heterocycles. The van der Waals surface area contributed by atoms with Crippen LogP contribution in [0.4, 0.5) is 8.78 Å². The molecule has 0 fully saturated rings. The summed E-state index contributed by atoms with van der Waals surface area (Å²) >= 11 is 12.8. The first kappa shape index (κ1) is 18.9. The number of rotatable bonds is 4. The molecule has 3 aromatic rings. The number of fused-ring (bicyclic) bond motifs is 1. The van der Waals surface area contributed by atoms with Gasteiger partial charge in [0.15, 0.2) is 0 Å². The maximum Gasteiger partial charge on any atom is 0.270 e. The smallest absolute Gasteiger partial charge is 0.270 e. The van der Waals surface area contributed by atoms with Crippen LogP contribution in [0.25, 0.3) is 17.1 Å². The third kappa shape index (κ3) is 3.12. The largest absolute Gasteiger partial charge is 0.331 e. The van der Waals surface area contributed by atoms with Gasteiger partial charge in [0.05, 0.1) is 16.1 Å². The van der Waals surface area contributed by atoms with Gasteiger partial charge in [-0.15, -0.1) is 0 Å². The fourth-order valence-corrected chi connectivity index (χ4v) is 3.75. The summed E-state index contributed by atoms with van der Waals surface area (Å²) in [6.07, 6.45) is 2.05. The van der Waals surface area contributed by atoms with E-state index in [1.54, 1.807) is 31.2 Å². The minimum Gasteiger partial charge on any atom is -0.331 e. The van der Waals surface area contributed by atoms with Gasteiger partial charge in [-0.2, -0.15) is 0 Å². The molecule has 6 heteroatoms. The highest BCUT2D eigenvalue weighted by Crippen LogP contribution is 2.35. The molecular weight excluding hydrogens is 377 g/mol. The summed E-state index contributed by atoms with van der Waals surface area (Å²) in [5, 5.41) is 1.06. The fraction of sp³-hybridized carbons (Fsp3) is 0.250. The van der Waals surface area contributed by atoms with Crippen LogP contribution in [-0.4, -0.2) is 9.55 Å². The number of alkyl halides is 2. The van der Waals surface area contributed by atoms with Crippen LogP contribution in [0.3, 0.4) is 0 Å². The van der Waals surface area contributed by atoms with Gasteiger partial charge in [0, 0.05) is 31.0 Å². The molecule has 26 heavy (non-hydrogen) atoms. The van der Waals surface area contributed by atoms with E-state index >= 15 is 0 Å². The Morgan fingerprint density at radius 3 is 2.54 bits per heavy atom. The lowest BCUT2D eigenvalue weighted by Crippen LogP contribution is -2.09. The molecule has 2 nitrogen and oxygen atoms in total. The van der Waals surface area contributed by atoms with Crippen LogP contribution in [0.1, 0.15) is 35.0 Å². The molecular formula is C20H18Cl2F2N2. The summed E-state index contributed by atoms with van der Waals surface area (Å²) < 4.78 is 29.5. The molecule has 2 aromatic carbocycles. The van der Waals surface area contributed by atoms with E-state index in [4.69, 9.17) is 23.2 Å². The second kappa shape index (κ2) is 6.67. The molecule has 0 atom stereocenters. The van der Waals surface area contributed by atoms with Crippen LogP contribution in [0, 0.1) is 6.92 Å². The monoisotopic (exact) mass is 394 g/mol. The van der Waals surface area contributed by atoms with Crippen molar-refractivity contribution in [1.29, 1.82) is 0 Å². The Hall–Kier alpha value is -1.91. The first-order valence-electron chi connectivity index (χ1n) is 8.07. The van der Waals surface area contributed by atoms with Gasteiger partial charge in [0.2, 0.25) is 0 Å². The number of imidazole rings is 1. The van der Waals surface area contributed by atoms with Crippen LogP contribution >= 0.6 is 23.2 Å². The number of nitrogens with zero attached hydrogens (tertiary/aromatic N) is 2. The summed E-state index contributed by atoms with van der Waals surface area (Å²) in [5.41, 5.74) is 3.34. The first-order chi connectivity index (χ1) is 12.1. The SMILES string of the molecule is C=Cc1ccc(Cl)c(Cc2nc3c(C)c(C(C)(F)F)ccc3n2C)c1Cl. The first-order valence-corrected chi connectivity index (χ1v) is 8.83. The average Bonchev–Trinajstić information content (AvgIpc) is 2.88. The van der Waals surface area contributed by atoms with Gasteiger partial charge in [0.1, 0.15) is 5.82 Å². The molecule has 0 saturated carbocycles. The Kier molecular flexibility index (Phi) is 4.84. The number of aryl methyl sites for hydroxylation is 2.